The van der Waals surface area contributed by atoms with E-state index in [-0.39, 0.29) is 24.5 Å². The minimum Gasteiger partial charge on any atom is -0.490 e. The van der Waals surface area contributed by atoms with Crippen LogP contribution in [0.3, 0.4) is 0 Å². The number of nitrogens with zero attached hydrogens (tertiary/aromatic N) is 2. The SMILES string of the molecule is FC(F)(F)c1cnc(OCc2ccccc2)nc1Nc1cccc(OC2CCCC2)c1. The van der Waals surface area contributed by atoms with Crippen molar-refractivity contribution in [2.24, 2.45) is 0 Å². The molecule has 0 bridgehead atoms. The molecule has 31 heavy (non-hydrogen) atoms. The van der Waals surface area contributed by atoms with E-state index >= 15 is 0 Å². The number of ether oxygens (including phenoxy) is 2. The summed E-state index contributed by atoms with van der Waals surface area (Å²) >= 11 is 0. The van der Waals surface area contributed by atoms with Crippen molar-refractivity contribution in [3.8, 4) is 11.8 Å². The molecule has 8 heteroatoms. The van der Waals surface area contributed by atoms with Gasteiger partial charge in [-0.25, -0.2) is 4.98 Å². The van der Waals surface area contributed by atoms with Crippen molar-refractivity contribution >= 4 is 11.5 Å². The second kappa shape index (κ2) is 9.24. The molecule has 4 rings (SSSR count). The standard InChI is InChI=1S/C23H22F3N3O2/c24-23(25,26)20-14-27-22(30-15-16-7-2-1-3-8-16)29-21(20)28-17-9-6-12-19(13-17)31-18-10-4-5-11-18/h1-3,6-9,12-14,18H,4-5,10-11,15H2,(H,27,28,29). The fourth-order valence-electron chi connectivity index (χ4n) is 3.44. The van der Waals surface area contributed by atoms with Crippen LogP contribution >= 0.6 is 0 Å². The molecule has 0 atom stereocenters. The highest BCUT2D eigenvalue weighted by Crippen LogP contribution is 2.36. The van der Waals surface area contributed by atoms with E-state index in [2.05, 4.69) is 15.3 Å². The van der Waals surface area contributed by atoms with E-state index in [4.69, 9.17) is 9.47 Å². The zero-order chi connectivity index (χ0) is 21.7. The Morgan fingerprint density at radius 2 is 1.77 bits per heavy atom. The molecular formula is C23H22F3N3O2. The van der Waals surface area contributed by atoms with Gasteiger partial charge in [-0.3, -0.25) is 0 Å². The number of hydrogen-bond donors (Lipinski definition) is 1. The smallest absolute Gasteiger partial charge is 0.421 e. The van der Waals surface area contributed by atoms with Gasteiger partial charge in [0, 0.05) is 18.0 Å². The van der Waals surface area contributed by atoms with Gasteiger partial charge in [-0.1, -0.05) is 36.4 Å². The lowest BCUT2D eigenvalue weighted by molar-refractivity contribution is -0.137. The Morgan fingerprint density at radius 1 is 1.00 bits per heavy atom. The van der Waals surface area contributed by atoms with Crippen molar-refractivity contribution in [3.05, 3.63) is 71.9 Å². The van der Waals surface area contributed by atoms with E-state index in [1.807, 2.05) is 30.3 Å². The van der Waals surface area contributed by atoms with Crippen molar-refractivity contribution in [2.75, 3.05) is 5.32 Å². The highest BCUT2D eigenvalue weighted by Gasteiger charge is 2.35. The van der Waals surface area contributed by atoms with Crippen LogP contribution in [0.15, 0.2) is 60.8 Å². The monoisotopic (exact) mass is 429 g/mol. The summed E-state index contributed by atoms with van der Waals surface area (Å²) in [5.41, 5.74) is 0.327. The first-order valence-electron chi connectivity index (χ1n) is 10.1. The molecule has 5 nitrogen and oxygen atoms in total. The Kier molecular flexibility index (Phi) is 6.25. The van der Waals surface area contributed by atoms with E-state index in [0.29, 0.717) is 11.4 Å². The van der Waals surface area contributed by atoms with Gasteiger partial charge >= 0.3 is 12.2 Å². The van der Waals surface area contributed by atoms with E-state index in [1.54, 1.807) is 24.3 Å². The van der Waals surface area contributed by atoms with E-state index in [9.17, 15) is 13.2 Å². The minimum absolute atomic E-state index is 0.141. The number of benzene rings is 2. The summed E-state index contributed by atoms with van der Waals surface area (Å²) in [5.74, 6) is 0.239. The Bertz CT molecular complexity index is 1010. The van der Waals surface area contributed by atoms with Gasteiger partial charge < -0.3 is 14.8 Å². The maximum Gasteiger partial charge on any atom is 0.421 e. The van der Waals surface area contributed by atoms with Gasteiger partial charge in [0.2, 0.25) is 0 Å². The van der Waals surface area contributed by atoms with Crippen molar-refractivity contribution < 1.29 is 22.6 Å². The highest BCUT2D eigenvalue weighted by molar-refractivity contribution is 5.61. The van der Waals surface area contributed by atoms with E-state index < -0.39 is 11.7 Å². The summed E-state index contributed by atoms with van der Waals surface area (Å²) in [6.45, 7) is 0.149. The van der Waals surface area contributed by atoms with Crippen LogP contribution < -0.4 is 14.8 Å². The van der Waals surface area contributed by atoms with Crippen molar-refractivity contribution in [1.29, 1.82) is 0 Å². The summed E-state index contributed by atoms with van der Waals surface area (Å²) in [6, 6.07) is 16.0. The lowest BCUT2D eigenvalue weighted by atomic mass is 10.2. The van der Waals surface area contributed by atoms with Crippen LogP contribution in [-0.4, -0.2) is 16.1 Å². The number of nitrogens with one attached hydrogen (secondary N) is 1. The first-order valence-corrected chi connectivity index (χ1v) is 10.1. The Labute approximate surface area is 178 Å². The molecule has 1 fully saturated rings. The molecule has 1 saturated carbocycles. The molecule has 1 heterocycles. The zero-order valence-electron chi connectivity index (χ0n) is 16.7. The van der Waals surface area contributed by atoms with Crippen LogP contribution in [0.2, 0.25) is 0 Å². The third-order valence-electron chi connectivity index (χ3n) is 4.98. The Hall–Kier alpha value is -3.29. The molecule has 0 saturated heterocycles. The summed E-state index contributed by atoms with van der Waals surface area (Å²) < 4.78 is 51.9. The third kappa shape index (κ3) is 5.65. The molecule has 1 N–H and O–H groups in total. The van der Waals surface area contributed by atoms with E-state index in [0.717, 1.165) is 37.4 Å². The van der Waals surface area contributed by atoms with Crippen LogP contribution in [0, 0.1) is 0 Å². The largest absolute Gasteiger partial charge is 0.490 e. The molecule has 0 radical (unpaired) electrons. The molecule has 0 spiro atoms. The van der Waals surface area contributed by atoms with Gasteiger partial charge in [0.05, 0.1) is 6.10 Å². The molecule has 0 aliphatic heterocycles. The van der Waals surface area contributed by atoms with Crippen molar-refractivity contribution in [2.45, 2.75) is 44.6 Å². The molecule has 0 unspecified atom stereocenters. The lowest BCUT2D eigenvalue weighted by Gasteiger charge is -2.16. The summed E-state index contributed by atoms with van der Waals surface area (Å²) in [7, 11) is 0. The number of alkyl halides is 3. The topological polar surface area (TPSA) is 56.3 Å². The van der Waals surface area contributed by atoms with Crippen LogP contribution in [-0.2, 0) is 12.8 Å². The van der Waals surface area contributed by atoms with Crippen molar-refractivity contribution in [3.63, 3.8) is 0 Å². The molecule has 3 aromatic rings. The number of aromatic nitrogens is 2. The number of halogens is 3. The average Bonchev–Trinajstić information content (AvgIpc) is 3.26. The third-order valence-corrected chi connectivity index (χ3v) is 4.98. The summed E-state index contributed by atoms with van der Waals surface area (Å²) in [6.07, 6.45) is 0.507. The molecule has 162 valence electrons. The minimum atomic E-state index is -4.61. The molecule has 1 aromatic heterocycles. The van der Waals surface area contributed by atoms with Gasteiger partial charge in [0.1, 0.15) is 23.7 Å². The van der Waals surface area contributed by atoms with Gasteiger partial charge in [0.15, 0.2) is 0 Å². The number of anilines is 2. The van der Waals surface area contributed by atoms with Crippen LogP contribution in [0.1, 0.15) is 36.8 Å². The fraction of sp³-hybridized carbons (Fsp3) is 0.304. The van der Waals surface area contributed by atoms with Gasteiger partial charge in [-0.05, 0) is 43.4 Å². The molecule has 2 aromatic carbocycles. The molecule has 1 aliphatic carbocycles. The van der Waals surface area contributed by atoms with Gasteiger partial charge in [-0.15, -0.1) is 0 Å². The second-order valence-corrected chi connectivity index (χ2v) is 7.36. The molecule has 1 aliphatic rings. The van der Waals surface area contributed by atoms with Crippen molar-refractivity contribution in [1.82, 2.24) is 9.97 Å². The first-order chi connectivity index (χ1) is 15.0. The Balaban J connectivity index is 1.53. The predicted molar refractivity (Wildman–Crippen MR) is 110 cm³/mol. The zero-order valence-corrected chi connectivity index (χ0v) is 16.7. The fourth-order valence-corrected chi connectivity index (χ4v) is 3.44. The van der Waals surface area contributed by atoms with Crippen LogP contribution in [0.25, 0.3) is 0 Å². The maximum absolute atomic E-state index is 13.5. The average molecular weight is 429 g/mol. The van der Waals surface area contributed by atoms with E-state index in [1.165, 1.54) is 0 Å². The molecule has 0 amide bonds. The lowest BCUT2D eigenvalue weighted by Crippen LogP contribution is -2.13. The number of rotatable bonds is 7. The van der Waals surface area contributed by atoms with Gasteiger partial charge in [-0.2, -0.15) is 18.2 Å². The number of hydrogen-bond acceptors (Lipinski definition) is 5. The van der Waals surface area contributed by atoms with Crippen LogP contribution in [0.5, 0.6) is 11.8 Å². The quantitative estimate of drug-likeness (QED) is 0.489. The summed E-state index contributed by atoms with van der Waals surface area (Å²) in [5, 5.41) is 2.75. The van der Waals surface area contributed by atoms with Crippen LogP contribution in [0.4, 0.5) is 24.7 Å². The van der Waals surface area contributed by atoms with Gasteiger partial charge in [0.25, 0.3) is 0 Å². The molecular weight excluding hydrogens is 407 g/mol. The highest BCUT2D eigenvalue weighted by atomic mass is 19.4. The maximum atomic E-state index is 13.5. The normalized spacial score (nSPS) is 14.4. The second-order valence-electron chi connectivity index (χ2n) is 7.36. The summed E-state index contributed by atoms with van der Waals surface area (Å²) in [4.78, 5) is 7.71. The predicted octanol–water partition coefficient (Wildman–Crippen LogP) is 6.14. The first kappa shape index (κ1) is 21.0. The Morgan fingerprint density at radius 3 is 2.52 bits per heavy atom.